The van der Waals surface area contributed by atoms with Gasteiger partial charge in [-0.3, -0.25) is 9.78 Å². The zero-order chi connectivity index (χ0) is 15.5. The number of anilines is 1. The fourth-order valence-electron chi connectivity index (χ4n) is 1.91. The van der Waals surface area contributed by atoms with E-state index in [4.69, 9.17) is 0 Å². The zero-order valence-electron chi connectivity index (χ0n) is 11.3. The summed E-state index contributed by atoms with van der Waals surface area (Å²) in [7, 11) is 0. The summed E-state index contributed by atoms with van der Waals surface area (Å²) in [6.45, 7) is 2.32. The van der Waals surface area contributed by atoms with Gasteiger partial charge in [-0.1, -0.05) is 6.07 Å². The van der Waals surface area contributed by atoms with Gasteiger partial charge in [-0.2, -0.15) is 13.2 Å². The van der Waals surface area contributed by atoms with Gasteiger partial charge in [0.05, 0.1) is 11.1 Å². The molecular weight excluding hydrogens is 283 g/mol. The molecule has 0 atom stereocenters. The van der Waals surface area contributed by atoms with Gasteiger partial charge >= 0.3 is 6.18 Å². The first-order chi connectivity index (χ1) is 9.88. The first-order valence-electron chi connectivity index (χ1n) is 6.32. The minimum Gasteiger partial charge on any atom is -0.383 e. The van der Waals surface area contributed by atoms with E-state index >= 15 is 0 Å². The quantitative estimate of drug-likeness (QED) is 0.853. The lowest BCUT2D eigenvalue weighted by molar-refractivity contribution is -0.137. The number of aromatic nitrogens is 1. The fourth-order valence-corrected chi connectivity index (χ4v) is 1.91. The number of nitrogens with zero attached hydrogens (tertiary/aromatic N) is 1. The van der Waals surface area contributed by atoms with Crippen LogP contribution in [0.2, 0.25) is 0 Å². The van der Waals surface area contributed by atoms with Gasteiger partial charge in [0.15, 0.2) is 0 Å². The van der Waals surface area contributed by atoms with E-state index in [0.717, 1.165) is 12.1 Å². The molecule has 0 saturated carbocycles. The van der Waals surface area contributed by atoms with Gasteiger partial charge in [0, 0.05) is 37.3 Å². The zero-order valence-corrected chi connectivity index (χ0v) is 11.3. The third-order valence-electron chi connectivity index (χ3n) is 2.88. The van der Waals surface area contributed by atoms with Crippen molar-refractivity contribution in [1.29, 1.82) is 0 Å². The van der Waals surface area contributed by atoms with Crippen molar-refractivity contribution in [1.82, 2.24) is 10.3 Å². The first kappa shape index (κ1) is 15.1. The summed E-state index contributed by atoms with van der Waals surface area (Å²) >= 11 is 0. The number of halogens is 3. The highest BCUT2D eigenvalue weighted by Crippen LogP contribution is 2.32. The van der Waals surface area contributed by atoms with Gasteiger partial charge in [-0.25, -0.2) is 0 Å². The van der Waals surface area contributed by atoms with Crippen molar-refractivity contribution in [2.45, 2.75) is 13.1 Å². The molecule has 0 aliphatic heterocycles. The number of pyridine rings is 1. The van der Waals surface area contributed by atoms with E-state index in [2.05, 4.69) is 15.6 Å². The molecule has 0 spiro atoms. The molecule has 7 heteroatoms. The molecule has 4 nitrogen and oxygen atoms in total. The molecule has 0 bridgehead atoms. The Kier molecular flexibility index (Phi) is 4.30. The molecule has 0 fully saturated rings. The summed E-state index contributed by atoms with van der Waals surface area (Å²) in [6, 6.07) is 5.13. The maximum Gasteiger partial charge on any atom is 0.416 e. The smallest absolute Gasteiger partial charge is 0.383 e. The number of benzene rings is 1. The number of alkyl halides is 3. The van der Waals surface area contributed by atoms with Crippen molar-refractivity contribution in [2.75, 3.05) is 18.4 Å². The van der Waals surface area contributed by atoms with Crippen molar-refractivity contribution in [2.24, 2.45) is 0 Å². The number of hydrogen-bond donors (Lipinski definition) is 2. The second-order valence-corrected chi connectivity index (χ2v) is 4.50. The number of nitrogens with one attached hydrogen (secondary N) is 2. The highest BCUT2D eigenvalue weighted by Gasteiger charge is 2.30. The summed E-state index contributed by atoms with van der Waals surface area (Å²) in [6.07, 6.45) is -2.94. The monoisotopic (exact) mass is 297 g/mol. The standard InChI is InChI=1S/C14H14F3N3O/c1-9(21)18-6-7-20-12-4-5-19-13-8-10(14(15,16)17)2-3-11(12)13/h2-5,8H,6-7H2,1H3,(H,18,21)(H,19,20). The lowest BCUT2D eigenvalue weighted by Gasteiger charge is -2.11. The average Bonchev–Trinajstić information content (AvgIpc) is 2.42. The van der Waals surface area contributed by atoms with Crippen molar-refractivity contribution in [3.8, 4) is 0 Å². The molecular formula is C14H14F3N3O. The molecule has 112 valence electrons. The predicted octanol–water partition coefficient (Wildman–Crippen LogP) is 2.80. The van der Waals surface area contributed by atoms with Crippen LogP contribution in [0.15, 0.2) is 30.5 Å². The SMILES string of the molecule is CC(=O)NCCNc1ccnc2cc(C(F)(F)F)ccc12. The number of amides is 1. The summed E-state index contributed by atoms with van der Waals surface area (Å²) < 4.78 is 38.0. The molecule has 1 heterocycles. The molecule has 0 saturated heterocycles. The minimum atomic E-state index is -4.38. The highest BCUT2D eigenvalue weighted by atomic mass is 19.4. The molecule has 1 aromatic carbocycles. The summed E-state index contributed by atoms with van der Waals surface area (Å²) in [5.74, 6) is -0.133. The Hall–Kier alpha value is -2.31. The number of rotatable bonds is 4. The third-order valence-corrected chi connectivity index (χ3v) is 2.88. The third kappa shape index (κ3) is 3.84. The Labute approximate surface area is 119 Å². The maximum absolute atomic E-state index is 12.7. The summed E-state index contributed by atoms with van der Waals surface area (Å²) in [4.78, 5) is 14.7. The van der Waals surface area contributed by atoms with Crippen LogP contribution < -0.4 is 10.6 Å². The predicted molar refractivity (Wildman–Crippen MR) is 73.9 cm³/mol. The number of carbonyl (C=O) groups excluding carboxylic acids is 1. The van der Waals surface area contributed by atoms with Gasteiger partial charge in [0.1, 0.15) is 0 Å². The Morgan fingerprint density at radius 2 is 2.00 bits per heavy atom. The molecule has 21 heavy (non-hydrogen) atoms. The van der Waals surface area contributed by atoms with Crippen LogP contribution in [0.1, 0.15) is 12.5 Å². The summed E-state index contributed by atoms with van der Waals surface area (Å²) in [5, 5.41) is 6.30. The second-order valence-electron chi connectivity index (χ2n) is 4.50. The van der Waals surface area contributed by atoms with Crippen LogP contribution >= 0.6 is 0 Å². The molecule has 0 aliphatic rings. The van der Waals surface area contributed by atoms with E-state index in [-0.39, 0.29) is 11.4 Å². The molecule has 1 amide bonds. The van der Waals surface area contributed by atoms with Gasteiger partial charge in [0.2, 0.25) is 5.91 Å². The largest absolute Gasteiger partial charge is 0.416 e. The molecule has 2 aromatic rings. The molecule has 0 radical (unpaired) electrons. The van der Waals surface area contributed by atoms with Gasteiger partial charge in [0.25, 0.3) is 0 Å². The normalized spacial score (nSPS) is 11.4. The van der Waals surface area contributed by atoms with Gasteiger partial charge < -0.3 is 10.6 Å². The number of hydrogen-bond acceptors (Lipinski definition) is 3. The first-order valence-corrected chi connectivity index (χ1v) is 6.32. The molecule has 0 aliphatic carbocycles. The Morgan fingerprint density at radius 1 is 1.24 bits per heavy atom. The van der Waals surface area contributed by atoms with Crippen LogP contribution in [0.25, 0.3) is 10.9 Å². The van der Waals surface area contributed by atoms with Crippen molar-refractivity contribution >= 4 is 22.5 Å². The van der Waals surface area contributed by atoms with E-state index in [1.54, 1.807) is 6.07 Å². The van der Waals surface area contributed by atoms with E-state index in [0.29, 0.717) is 24.2 Å². The molecule has 2 N–H and O–H groups in total. The van der Waals surface area contributed by atoms with Crippen LogP contribution in [0.3, 0.4) is 0 Å². The lowest BCUT2D eigenvalue weighted by atomic mass is 10.1. The Balaban J connectivity index is 2.20. The van der Waals surface area contributed by atoms with Crippen molar-refractivity contribution in [3.63, 3.8) is 0 Å². The molecule has 1 aromatic heterocycles. The van der Waals surface area contributed by atoms with Gasteiger partial charge in [-0.15, -0.1) is 0 Å². The lowest BCUT2D eigenvalue weighted by Crippen LogP contribution is -2.26. The minimum absolute atomic E-state index is 0.133. The van der Waals surface area contributed by atoms with Crippen LogP contribution in [0, 0.1) is 0 Å². The molecule has 2 rings (SSSR count). The Morgan fingerprint density at radius 3 is 2.67 bits per heavy atom. The van der Waals surface area contributed by atoms with Crippen LogP contribution in [-0.2, 0) is 11.0 Å². The van der Waals surface area contributed by atoms with E-state index < -0.39 is 11.7 Å². The van der Waals surface area contributed by atoms with E-state index in [1.165, 1.54) is 19.2 Å². The van der Waals surface area contributed by atoms with Crippen LogP contribution in [0.5, 0.6) is 0 Å². The van der Waals surface area contributed by atoms with Crippen molar-refractivity contribution < 1.29 is 18.0 Å². The maximum atomic E-state index is 12.7. The average molecular weight is 297 g/mol. The fraction of sp³-hybridized carbons (Fsp3) is 0.286. The van der Waals surface area contributed by atoms with Crippen LogP contribution in [-0.4, -0.2) is 24.0 Å². The van der Waals surface area contributed by atoms with E-state index in [1.807, 2.05) is 0 Å². The van der Waals surface area contributed by atoms with Crippen LogP contribution in [0.4, 0.5) is 18.9 Å². The Bertz CT molecular complexity index is 655. The molecule has 0 unspecified atom stereocenters. The van der Waals surface area contributed by atoms with Gasteiger partial charge in [-0.05, 0) is 18.2 Å². The second kappa shape index (κ2) is 5.99. The number of carbonyl (C=O) groups is 1. The topological polar surface area (TPSA) is 54.0 Å². The summed E-state index contributed by atoms with van der Waals surface area (Å²) in [5.41, 5.74) is 0.228. The van der Waals surface area contributed by atoms with E-state index in [9.17, 15) is 18.0 Å². The number of fused-ring (bicyclic) bond motifs is 1. The highest BCUT2D eigenvalue weighted by molar-refractivity contribution is 5.91. The van der Waals surface area contributed by atoms with Crippen molar-refractivity contribution in [3.05, 3.63) is 36.0 Å².